The van der Waals surface area contributed by atoms with E-state index in [0.717, 1.165) is 19.4 Å². The molecule has 0 aliphatic carbocycles. The molecule has 1 fully saturated rings. The number of amides is 1. The van der Waals surface area contributed by atoms with Crippen LogP contribution >= 0.6 is 11.3 Å². The Morgan fingerprint density at radius 2 is 2.71 bits per heavy atom. The van der Waals surface area contributed by atoms with Crippen molar-refractivity contribution in [2.45, 2.75) is 25.4 Å². The van der Waals surface area contributed by atoms with Crippen LogP contribution < -0.4 is 5.32 Å². The number of carbonyl (C=O) groups is 1. The zero-order chi connectivity index (χ0) is 9.80. The first kappa shape index (κ1) is 9.54. The number of anilines is 1. The molecule has 1 aromatic heterocycles. The summed E-state index contributed by atoms with van der Waals surface area (Å²) in [6.07, 6.45) is 2.53. The zero-order valence-electron chi connectivity index (χ0n) is 7.60. The zero-order valence-corrected chi connectivity index (χ0v) is 8.42. The van der Waals surface area contributed by atoms with E-state index in [9.17, 15) is 4.79 Å². The monoisotopic (exact) mass is 213 g/mol. The summed E-state index contributed by atoms with van der Waals surface area (Å²) in [6, 6.07) is 0. The molecule has 2 heterocycles. The number of aromatic nitrogens is 2. The topological polar surface area (TPSA) is 64.1 Å². The molecule has 14 heavy (non-hydrogen) atoms. The Kier molecular flexibility index (Phi) is 3.05. The van der Waals surface area contributed by atoms with Crippen molar-refractivity contribution in [1.82, 2.24) is 10.2 Å². The van der Waals surface area contributed by atoms with Gasteiger partial charge in [0, 0.05) is 6.61 Å². The van der Waals surface area contributed by atoms with Gasteiger partial charge in [-0.25, -0.2) is 0 Å². The predicted molar refractivity (Wildman–Crippen MR) is 52.1 cm³/mol. The van der Waals surface area contributed by atoms with Crippen molar-refractivity contribution in [2.75, 3.05) is 11.9 Å². The molecule has 76 valence electrons. The van der Waals surface area contributed by atoms with Crippen molar-refractivity contribution < 1.29 is 9.53 Å². The van der Waals surface area contributed by atoms with Crippen LogP contribution in [0.5, 0.6) is 0 Å². The smallest absolute Gasteiger partial charge is 0.228 e. The fourth-order valence-electron chi connectivity index (χ4n) is 1.41. The number of nitrogens with one attached hydrogen (secondary N) is 1. The fraction of sp³-hybridized carbons (Fsp3) is 0.625. The number of hydrogen-bond acceptors (Lipinski definition) is 5. The van der Waals surface area contributed by atoms with E-state index in [4.69, 9.17) is 4.74 Å². The molecule has 1 amide bonds. The van der Waals surface area contributed by atoms with Crippen LogP contribution in [0.3, 0.4) is 0 Å². The summed E-state index contributed by atoms with van der Waals surface area (Å²) >= 11 is 1.31. The van der Waals surface area contributed by atoms with Crippen molar-refractivity contribution in [1.29, 1.82) is 0 Å². The summed E-state index contributed by atoms with van der Waals surface area (Å²) in [7, 11) is 0. The van der Waals surface area contributed by atoms with Gasteiger partial charge in [-0.05, 0) is 12.8 Å². The van der Waals surface area contributed by atoms with Crippen LogP contribution in [0.2, 0.25) is 0 Å². The maximum atomic E-state index is 11.4. The molecular weight excluding hydrogens is 202 g/mol. The summed E-state index contributed by atoms with van der Waals surface area (Å²) in [5.74, 6) is -0.0475. The normalized spacial score (nSPS) is 21.0. The Morgan fingerprint density at radius 3 is 3.36 bits per heavy atom. The first-order valence-corrected chi connectivity index (χ1v) is 5.40. The largest absolute Gasteiger partial charge is 0.378 e. The number of carbonyl (C=O) groups excluding carboxylic acids is 1. The summed E-state index contributed by atoms with van der Waals surface area (Å²) in [5, 5.41) is 10.6. The van der Waals surface area contributed by atoms with Gasteiger partial charge in [0.1, 0.15) is 5.51 Å². The highest BCUT2D eigenvalue weighted by molar-refractivity contribution is 7.13. The number of rotatable bonds is 3. The molecule has 2 rings (SSSR count). The average molecular weight is 213 g/mol. The molecule has 1 aliphatic heterocycles. The lowest BCUT2D eigenvalue weighted by Crippen LogP contribution is -2.19. The molecule has 1 aliphatic rings. The van der Waals surface area contributed by atoms with Crippen molar-refractivity contribution in [3.05, 3.63) is 5.51 Å². The highest BCUT2D eigenvalue weighted by Gasteiger charge is 2.19. The molecule has 0 spiro atoms. The van der Waals surface area contributed by atoms with E-state index in [-0.39, 0.29) is 12.0 Å². The van der Waals surface area contributed by atoms with E-state index >= 15 is 0 Å². The Balaban J connectivity index is 1.78. The third-order valence-electron chi connectivity index (χ3n) is 2.04. The van der Waals surface area contributed by atoms with Crippen molar-refractivity contribution in [3.63, 3.8) is 0 Å². The van der Waals surface area contributed by atoms with Crippen LogP contribution in [0, 0.1) is 0 Å². The molecule has 0 radical (unpaired) electrons. The lowest BCUT2D eigenvalue weighted by atomic mass is 10.2. The van der Waals surface area contributed by atoms with E-state index in [1.165, 1.54) is 11.3 Å². The van der Waals surface area contributed by atoms with Gasteiger partial charge >= 0.3 is 0 Å². The van der Waals surface area contributed by atoms with E-state index in [2.05, 4.69) is 15.5 Å². The van der Waals surface area contributed by atoms with Crippen LogP contribution in [-0.2, 0) is 9.53 Å². The molecule has 1 N–H and O–H groups in total. The molecule has 1 aromatic rings. The molecule has 0 aromatic carbocycles. The molecule has 1 atom stereocenters. The third-order valence-corrected chi connectivity index (χ3v) is 2.65. The number of nitrogens with zero attached hydrogens (tertiary/aromatic N) is 2. The van der Waals surface area contributed by atoms with Gasteiger partial charge in [-0.15, -0.1) is 10.2 Å². The van der Waals surface area contributed by atoms with Gasteiger partial charge in [0.2, 0.25) is 11.0 Å². The molecule has 6 heteroatoms. The molecule has 5 nitrogen and oxygen atoms in total. The highest BCUT2D eigenvalue weighted by Crippen LogP contribution is 2.16. The molecule has 0 bridgehead atoms. The van der Waals surface area contributed by atoms with Crippen molar-refractivity contribution in [3.8, 4) is 0 Å². The first-order chi connectivity index (χ1) is 6.84. The fourth-order valence-corrected chi connectivity index (χ4v) is 1.87. The average Bonchev–Trinajstić information content (AvgIpc) is 2.76. The minimum atomic E-state index is -0.0475. The van der Waals surface area contributed by atoms with Gasteiger partial charge in [0.15, 0.2) is 0 Å². The van der Waals surface area contributed by atoms with Crippen LogP contribution in [0.1, 0.15) is 19.3 Å². The quantitative estimate of drug-likeness (QED) is 0.815. The van der Waals surface area contributed by atoms with E-state index < -0.39 is 0 Å². The summed E-state index contributed by atoms with van der Waals surface area (Å²) in [6.45, 7) is 0.775. The Morgan fingerprint density at radius 1 is 1.79 bits per heavy atom. The lowest BCUT2D eigenvalue weighted by molar-refractivity contribution is -0.118. The van der Waals surface area contributed by atoms with Crippen molar-refractivity contribution in [2.24, 2.45) is 0 Å². The number of ether oxygens (including phenoxy) is 1. The molecule has 0 saturated carbocycles. The molecule has 1 unspecified atom stereocenters. The molecule has 1 saturated heterocycles. The van der Waals surface area contributed by atoms with Crippen LogP contribution in [-0.4, -0.2) is 28.8 Å². The van der Waals surface area contributed by atoms with Gasteiger partial charge in [0.05, 0.1) is 12.5 Å². The molecular formula is C8H11N3O2S. The van der Waals surface area contributed by atoms with Crippen molar-refractivity contribution >= 4 is 22.4 Å². The van der Waals surface area contributed by atoms with Gasteiger partial charge in [-0.2, -0.15) is 0 Å². The summed E-state index contributed by atoms with van der Waals surface area (Å²) in [5.41, 5.74) is 1.59. The maximum Gasteiger partial charge on any atom is 0.228 e. The first-order valence-electron chi connectivity index (χ1n) is 4.52. The summed E-state index contributed by atoms with van der Waals surface area (Å²) in [4.78, 5) is 11.4. The second-order valence-electron chi connectivity index (χ2n) is 3.13. The SMILES string of the molecule is O=C(CC1CCCO1)Nc1nncs1. The Bertz CT molecular complexity index is 296. The maximum absolute atomic E-state index is 11.4. The van der Waals surface area contributed by atoms with E-state index in [1.807, 2.05) is 0 Å². The van der Waals surface area contributed by atoms with E-state index in [1.54, 1.807) is 5.51 Å². The number of hydrogen-bond donors (Lipinski definition) is 1. The van der Waals surface area contributed by atoms with Crippen LogP contribution in [0.15, 0.2) is 5.51 Å². The standard InChI is InChI=1S/C8H11N3O2S/c12-7(4-6-2-1-3-13-6)10-8-11-9-5-14-8/h5-6H,1-4H2,(H,10,11,12). The van der Waals surface area contributed by atoms with Gasteiger partial charge in [0.25, 0.3) is 0 Å². The van der Waals surface area contributed by atoms with Gasteiger partial charge in [-0.3, -0.25) is 4.79 Å². The lowest BCUT2D eigenvalue weighted by Gasteiger charge is -2.07. The second-order valence-corrected chi connectivity index (χ2v) is 3.96. The Labute approximate surface area is 85.5 Å². The minimum absolute atomic E-state index is 0.0475. The Hall–Kier alpha value is -1.01. The summed E-state index contributed by atoms with van der Waals surface area (Å²) < 4.78 is 5.35. The van der Waals surface area contributed by atoms with E-state index in [0.29, 0.717) is 11.6 Å². The van der Waals surface area contributed by atoms with Crippen LogP contribution in [0.4, 0.5) is 5.13 Å². The highest BCUT2D eigenvalue weighted by atomic mass is 32.1. The second kappa shape index (κ2) is 4.47. The van der Waals surface area contributed by atoms with Crippen LogP contribution in [0.25, 0.3) is 0 Å². The minimum Gasteiger partial charge on any atom is -0.378 e. The predicted octanol–water partition coefficient (Wildman–Crippen LogP) is 1.05. The third kappa shape index (κ3) is 2.49. The van der Waals surface area contributed by atoms with Gasteiger partial charge in [-0.1, -0.05) is 11.3 Å². The van der Waals surface area contributed by atoms with Gasteiger partial charge < -0.3 is 10.1 Å².